The predicted molar refractivity (Wildman–Crippen MR) is 79.0 cm³/mol. The highest BCUT2D eigenvalue weighted by Gasteiger charge is 2.18. The summed E-state index contributed by atoms with van der Waals surface area (Å²) < 4.78 is 5.23. The first-order valence-corrected chi connectivity index (χ1v) is 7.29. The molecule has 3 N–H and O–H groups in total. The number of methoxy groups -OCH3 is 1. The lowest BCUT2D eigenvalue weighted by Gasteiger charge is -2.09. The van der Waals surface area contributed by atoms with Gasteiger partial charge >= 0.3 is 0 Å². The number of pyridine rings is 1. The van der Waals surface area contributed by atoms with E-state index in [1.54, 1.807) is 7.11 Å². The molecule has 106 valence electrons. The van der Waals surface area contributed by atoms with E-state index in [-0.39, 0.29) is 5.56 Å². The maximum absolute atomic E-state index is 12.1. The summed E-state index contributed by atoms with van der Waals surface area (Å²) in [6.45, 7) is 0.757. The summed E-state index contributed by atoms with van der Waals surface area (Å²) in [5.74, 6) is 0.815. The number of hydrogen-bond acceptors (Lipinski definition) is 2. The molecule has 0 bridgehead atoms. The Morgan fingerprint density at radius 2 is 2.10 bits per heavy atom. The molecule has 1 fully saturated rings. The predicted octanol–water partition coefficient (Wildman–Crippen LogP) is 1.54. The molecule has 0 atom stereocenters. The fourth-order valence-corrected chi connectivity index (χ4v) is 3.00. The van der Waals surface area contributed by atoms with Crippen molar-refractivity contribution in [2.75, 3.05) is 7.11 Å². The maximum Gasteiger partial charge on any atom is 0.257 e. The Labute approximate surface area is 118 Å². The molecule has 20 heavy (non-hydrogen) atoms. The van der Waals surface area contributed by atoms with Gasteiger partial charge in [0.2, 0.25) is 0 Å². The fourth-order valence-electron chi connectivity index (χ4n) is 3.00. The van der Waals surface area contributed by atoms with Crippen molar-refractivity contribution in [2.45, 2.75) is 38.3 Å². The van der Waals surface area contributed by atoms with Crippen molar-refractivity contribution < 1.29 is 10.1 Å². The zero-order valence-corrected chi connectivity index (χ0v) is 11.8. The van der Waals surface area contributed by atoms with Crippen LogP contribution in [0.3, 0.4) is 0 Å². The molecule has 0 amide bonds. The van der Waals surface area contributed by atoms with Crippen LogP contribution in [0.4, 0.5) is 0 Å². The van der Waals surface area contributed by atoms with E-state index in [0.29, 0.717) is 6.04 Å². The molecular weight excluding hydrogens is 252 g/mol. The molecule has 1 aliphatic rings. The van der Waals surface area contributed by atoms with Crippen molar-refractivity contribution in [2.24, 2.45) is 0 Å². The molecule has 1 aromatic carbocycles. The summed E-state index contributed by atoms with van der Waals surface area (Å²) in [5, 5.41) is 3.34. The van der Waals surface area contributed by atoms with E-state index in [1.165, 1.54) is 25.7 Å². The zero-order chi connectivity index (χ0) is 13.9. The van der Waals surface area contributed by atoms with Gasteiger partial charge in [-0.05, 0) is 49.9 Å². The first kappa shape index (κ1) is 13.2. The lowest BCUT2D eigenvalue weighted by atomic mass is 10.1. The van der Waals surface area contributed by atoms with Crippen molar-refractivity contribution >= 4 is 10.9 Å². The number of nitrogens with two attached hydrogens (primary N) is 1. The molecule has 0 spiro atoms. The first-order chi connectivity index (χ1) is 9.76. The number of fused-ring (bicyclic) bond motifs is 1. The van der Waals surface area contributed by atoms with Crippen LogP contribution >= 0.6 is 0 Å². The summed E-state index contributed by atoms with van der Waals surface area (Å²) in [6, 6.07) is 8.39. The van der Waals surface area contributed by atoms with Crippen molar-refractivity contribution in [1.82, 2.24) is 4.98 Å². The quantitative estimate of drug-likeness (QED) is 0.888. The molecular formula is C16H21N2O2+. The summed E-state index contributed by atoms with van der Waals surface area (Å²) in [7, 11) is 1.65. The molecule has 4 heteroatoms. The minimum atomic E-state index is 0.0249. The van der Waals surface area contributed by atoms with E-state index in [0.717, 1.165) is 28.8 Å². The Kier molecular flexibility index (Phi) is 3.74. The Bertz CT molecular complexity index is 657. The molecule has 2 aromatic rings. The number of ether oxygens (including phenoxy) is 1. The highest BCUT2D eigenvalue weighted by atomic mass is 16.5. The normalized spacial score (nSPS) is 15.8. The van der Waals surface area contributed by atoms with Crippen LogP contribution in [-0.2, 0) is 6.54 Å². The molecule has 4 nitrogen and oxygen atoms in total. The van der Waals surface area contributed by atoms with Gasteiger partial charge in [0.1, 0.15) is 12.3 Å². The van der Waals surface area contributed by atoms with Crippen molar-refractivity contribution in [3.05, 3.63) is 40.2 Å². The standard InChI is InChI=1S/C16H20N2O2/c1-20-14-6-7-15-11(9-14)8-12(16(19)18-15)10-17-13-4-2-3-5-13/h6-9,13,17H,2-5,10H2,1H3,(H,18,19)/p+1. The number of quaternary nitrogens is 1. The third-order valence-corrected chi connectivity index (χ3v) is 4.20. The average Bonchev–Trinajstić information content (AvgIpc) is 2.98. The van der Waals surface area contributed by atoms with Gasteiger partial charge in [-0.1, -0.05) is 0 Å². The molecule has 0 unspecified atom stereocenters. The second kappa shape index (κ2) is 5.67. The number of aromatic amines is 1. The van der Waals surface area contributed by atoms with Crippen LogP contribution in [0.15, 0.2) is 29.1 Å². The molecule has 1 saturated carbocycles. The lowest BCUT2D eigenvalue weighted by Crippen LogP contribution is -2.88. The molecule has 0 saturated heterocycles. The molecule has 3 rings (SSSR count). The van der Waals surface area contributed by atoms with Gasteiger partial charge in [0.25, 0.3) is 5.56 Å². The lowest BCUT2D eigenvalue weighted by molar-refractivity contribution is -0.703. The van der Waals surface area contributed by atoms with Gasteiger partial charge < -0.3 is 15.0 Å². The third-order valence-electron chi connectivity index (χ3n) is 4.20. The van der Waals surface area contributed by atoms with E-state index in [1.807, 2.05) is 24.3 Å². The highest BCUT2D eigenvalue weighted by Crippen LogP contribution is 2.18. The minimum absolute atomic E-state index is 0.0249. The monoisotopic (exact) mass is 273 g/mol. The smallest absolute Gasteiger partial charge is 0.257 e. The second-order valence-electron chi connectivity index (χ2n) is 5.56. The van der Waals surface area contributed by atoms with Gasteiger partial charge in [-0.25, -0.2) is 0 Å². The van der Waals surface area contributed by atoms with Crippen LogP contribution in [-0.4, -0.2) is 18.1 Å². The fraction of sp³-hybridized carbons (Fsp3) is 0.438. The van der Waals surface area contributed by atoms with Crippen LogP contribution < -0.4 is 15.6 Å². The Balaban J connectivity index is 1.85. The van der Waals surface area contributed by atoms with Crippen LogP contribution in [0.5, 0.6) is 5.75 Å². The highest BCUT2D eigenvalue weighted by molar-refractivity contribution is 5.80. The van der Waals surface area contributed by atoms with Gasteiger partial charge in [-0.2, -0.15) is 0 Å². The number of rotatable bonds is 4. The summed E-state index contributed by atoms with van der Waals surface area (Å²) in [6.07, 6.45) is 5.21. The first-order valence-electron chi connectivity index (χ1n) is 7.29. The number of H-pyrrole nitrogens is 1. The van der Waals surface area contributed by atoms with Crippen molar-refractivity contribution in [3.8, 4) is 5.75 Å². The summed E-state index contributed by atoms with van der Waals surface area (Å²) in [5.41, 5.74) is 1.73. The van der Waals surface area contributed by atoms with Crippen molar-refractivity contribution in [1.29, 1.82) is 0 Å². The topological polar surface area (TPSA) is 58.7 Å². The maximum atomic E-state index is 12.1. The van der Waals surface area contributed by atoms with Gasteiger partial charge in [-0.3, -0.25) is 4.79 Å². The molecule has 1 heterocycles. The average molecular weight is 273 g/mol. The van der Waals surface area contributed by atoms with E-state index in [2.05, 4.69) is 10.3 Å². The van der Waals surface area contributed by atoms with E-state index in [9.17, 15) is 4.79 Å². The van der Waals surface area contributed by atoms with Crippen LogP contribution in [0.1, 0.15) is 31.2 Å². The van der Waals surface area contributed by atoms with Gasteiger partial charge in [0.05, 0.1) is 18.7 Å². The Hall–Kier alpha value is -1.81. The number of aromatic nitrogens is 1. The second-order valence-corrected chi connectivity index (χ2v) is 5.56. The van der Waals surface area contributed by atoms with Gasteiger partial charge in [0, 0.05) is 10.9 Å². The van der Waals surface area contributed by atoms with Crippen molar-refractivity contribution in [3.63, 3.8) is 0 Å². The molecule has 0 aliphatic heterocycles. The zero-order valence-electron chi connectivity index (χ0n) is 11.8. The molecule has 1 aliphatic carbocycles. The summed E-state index contributed by atoms with van der Waals surface area (Å²) in [4.78, 5) is 15.0. The van der Waals surface area contributed by atoms with Gasteiger partial charge in [-0.15, -0.1) is 0 Å². The van der Waals surface area contributed by atoms with Crippen LogP contribution in [0, 0.1) is 0 Å². The third kappa shape index (κ3) is 2.70. The molecule has 1 aromatic heterocycles. The number of nitrogens with one attached hydrogen (secondary N) is 1. The summed E-state index contributed by atoms with van der Waals surface area (Å²) >= 11 is 0. The largest absolute Gasteiger partial charge is 0.497 e. The van der Waals surface area contributed by atoms with Crippen LogP contribution in [0.25, 0.3) is 10.9 Å². The number of benzene rings is 1. The minimum Gasteiger partial charge on any atom is -0.497 e. The Morgan fingerprint density at radius 1 is 1.30 bits per heavy atom. The van der Waals surface area contributed by atoms with E-state index < -0.39 is 0 Å². The molecule has 0 radical (unpaired) electrons. The SMILES string of the molecule is COc1ccc2[nH]c(=O)c(C[NH2+]C3CCCC3)cc2c1. The van der Waals surface area contributed by atoms with Crippen LogP contribution in [0.2, 0.25) is 0 Å². The Morgan fingerprint density at radius 3 is 2.85 bits per heavy atom. The van der Waals surface area contributed by atoms with Gasteiger partial charge in [0.15, 0.2) is 0 Å². The van der Waals surface area contributed by atoms with E-state index in [4.69, 9.17) is 4.74 Å². The van der Waals surface area contributed by atoms with E-state index >= 15 is 0 Å². The number of hydrogen-bond donors (Lipinski definition) is 2.